The number of hydrogen-bond donors (Lipinski definition) is 0. The van der Waals surface area contributed by atoms with Gasteiger partial charge in [-0.15, -0.1) is 0 Å². The van der Waals surface area contributed by atoms with Gasteiger partial charge in [0, 0.05) is 36.1 Å². The number of hydrogen-bond acceptors (Lipinski definition) is 6. The first-order valence-corrected chi connectivity index (χ1v) is 13.4. The zero-order chi connectivity index (χ0) is 27.6. The first kappa shape index (κ1) is 33.3. The fourth-order valence-electron chi connectivity index (χ4n) is 4.92. The molecule has 0 aromatic heterocycles. The van der Waals surface area contributed by atoms with Crippen LogP contribution < -0.4 is 29.6 Å². The summed E-state index contributed by atoms with van der Waals surface area (Å²) in [6.45, 7) is 3.09. The second kappa shape index (κ2) is 15.7. The zero-order valence-electron chi connectivity index (χ0n) is 21.9. The standard InChI is InChI=1S/C13H16O4S.C12H13N3O.N3.Na/c1-9(14)7-12-11-6-4-3-5-10(11)8-13(12)17-18(2,15)16;1-8(16)6-11-10-5-3-2-4-9(10)7-12(11)14-15-13;1-3-2;/h3-6,12-13H,7-8H2,1-2H3;2-5,11-12H,6-7H2,1H3;;/q;;-1;+1/t12-,13+;11-,12-;;/m11../s1. The predicted molar refractivity (Wildman–Crippen MR) is 139 cm³/mol. The van der Waals surface area contributed by atoms with Gasteiger partial charge in [-0.1, -0.05) is 53.6 Å². The average Bonchev–Trinajstić information content (AvgIpc) is 3.31. The Morgan fingerprint density at radius 1 is 0.895 bits per heavy atom. The van der Waals surface area contributed by atoms with Gasteiger partial charge < -0.3 is 20.7 Å². The van der Waals surface area contributed by atoms with Gasteiger partial charge in [0.2, 0.25) is 0 Å². The monoisotopic (exact) mass is 548 g/mol. The van der Waals surface area contributed by atoms with E-state index in [1.54, 1.807) is 6.92 Å². The van der Waals surface area contributed by atoms with Crippen molar-refractivity contribution in [2.75, 3.05) is 6.26 Å². The van der Waals surface area contributed by atoms with Gasteiger partial charge in [-0.3, -0.25) is 9.09 Å². The summed E-state index contributed by atoms with van der Waals surface area (Å²) < 4.78 is 27.6. The van der Waals surface area contributed by atoms with Gasteiger partial charge in [0.15, 0.2) is 0 Å². The molecule has 0 bridgehead atoms. The summed E-state index contributed by atoms with van der Waals surface area (Å²) in [7, 11) is -3.51. The van der Waals surface area contributed by atoms with Gasteiger partial charge >= 0.3 is 29.6 Å². The first-order valence-electron chi connectivity index (χ1n) is 11.6. The van der Waals surface area contributed by atoms with Gasteiger partial charge in [-0.05, 0) is 54.0 Å². The molecule has 2 aromatic carbocycles. The Kier molecular flexibility index (Phi) is 13.7. The van der Waals surface area contributed by atoms with E-state index >= 15 is 0 Å². The number of carbonyl (C=O) groups is 2. The van der Waals surface area contributed by atoms with E-state index in [2.05, 4.69) is 10.0 Å². The summed E-state index contributed by atoms with van der Waals surface area (Å²) in [4.78, 5) is 26.9. The van der Waals surface area contributed by atoms with Crippen molar-refractivity contribution in [3.05, 3.63) is 97.2 Å². The van der Waals surface area contributed by atoms with Crippen molar-refractivity contribution in [3.63, 3.8) is 0 Å². The summed E-state index contributed by atoms with van der Waals surface area (Å²) >= 11 is 0. The third kappa shape index (κ3) is 9.89. The topological polar surface area (TPSA) is 185 Å². The van der Waals surface area contributed by atoms with Crippen molar-refractivity contribution >= 4 is 21.7 Å². The Bertz CT molecular complexity index is 1320. The molecule has 2 aliphatic rings. The molecule has 196 valence electrons. The first-order chi connectivity index (χ1) is 17.5. The van der Waals surface area contributed by atoms with Crippen LogP contribution in [0.3, 0.4) is 0 Å². The Morgan fingerprint density at radius 2 is 1.34 bits per heavy atom. The molecule has 0 N–H and O–H groups in total. The summed E-state index contributed by atoms with van der Waals surface area (Å²) in [6, 6.07) is 15.6. The maximum absolute atomic E-state index is 11.3. The van der Waals surface area contributed by atoms with Crippen LogP contribution in [0.15, 0.2) is 53.6 Å². The smallest absolute Gasteiger partial charge is 0.373 e. The molecule has 13 heteroatoms. The molecule has 11 nitrogen and oxygen atoms in total. The van der Waals surface area contributed by atoms with E-state index < -0.39 is 16.2 Å². The molecule has 38 heavy (non-hydrogen) atoms. The second-order valence-electron chi connectivity index (χ2n) is 9.03. The minimum Gasteiger partial charge on any atom is -0.373 e. The van der Waals surface area contributed by atoms with Gasteiger partial charge in [0.1, 0.15) is 11.6 Å². The van der Waals surface area contributed by atoms with Crippen molar-refractivity contribution in [2.24, 2.45) is 5.11 Å². The largest absolute Gasteiger partial charge is 1.00 e. The number of fused-ring (bicyclic) bond motifs is 2. The third-order valence-corrected chi connectivity index (χ3v) is 6.78. The Hall–Kier alpha value is -2.69. The van der Waals surface area contributed by atoms with Crippen LogP contribution >= 0.6 is 0 Å². The fraction of sp³-hybridized carbons (Fsp3) is 0.440. The molecular formula is C25H29N6NaO5S. The number of benzene rings is 2. The predicted octanol–water partition coefficient (Wildman–Crippen LogP) is 2.50. The molecule has 0 radical (unpaired) electrons. The van der Waals surface area contributed by atoms with Gasteiger partial charge in [-0.25, -0.2) is 0 Å². The Balaban J connectivity index is 0.000000338. The maximum Gasteiger partial charge on any atom is 1.00 e. The molecule has 4 atom stereocenters. The average molecular weight is 549 g/mol. The van der Waals surface area contributed by atoms with Crippen molar-refractivity contribution in [3.8, 4) is 0 Å². The van der Waals surface area contributed by atoms with Crippen LogP contribution in [0.5, 0.6) is 0 Å². The molecule has 0 unspecified atom stereocenters. The Morgan fingerprint density at radius 3 is 1.82 bits per heavy atom. The van der Waals surface area contributed by atoms with Crippen LogP contribution in [0.1, 0.15) is 60.8 Å². The van der Waals surface area contributed by atoms with E-state index in [4.69, 9.17) is 20.8 Å². The third-order valence-electron chi connectivity index (χ3n) is 6.19. The van der Waals surface area contributed by atoms with Crippen molar-refractivity contribution < 1.29 is 51.7 Å². The van der Waals surface area contributed by atoms with E-state index in [1.807, 2.05) is 48.5 Å². The quantitative estimate of drug-likeness (QED) is 0.169. The van der Waals surface area contributed by atoms with E-state index in [0.29, 0.717) is 19.3 Å². The minimum absolute atomic E-state index is 0. The van der Waals surface area contributed by atoms with E-state index in [9.17, 15) is 18.0 Å². The fourth-order valence-corrected chi connectivity index (χ4v) is 5.57. The second-order valence-corrected chi connectivity index (χ2v) is 10.6. The summed E-state index contributed by atoms with van der Waals surface area (Å²) in [6.07, 6.45) is 2.65. The van der Waals surface area contributed by atoms with E-state index in [1.165, 1.54) is 17.4 Å². The molecule has 0 aliphatic heterocycles. The van der Waals surface area contributed by atoms with Crippen LogP contribution in [0.4, 0.5) is 0 Å². The van der Waals surface area contributed by atoms with Crippen LogP contribution in [-0.4, -0.2) is 38.4 Å². The molecule has 0 fully saturated rings. The van der Waals surface area contributed by atoms with Gasteiger partial charge in [0.25, 0.3) is 10.1 Å². The SMILES string of the molecule is CC(=O)C[C@@H]1c2ccccc2C[C@@H]1OS(C)(=O)=O.CC(=O)C[C@@H]1c2ccccc2C[C@H]1N=[N+]=[N-].[N-]=[N+]=[N-].[Na+]. The molecule has 2 aromatic rings. The van der Waals surface area contributed by atoms with Crippen molar-refractivity contribution in [2.45, 2.75) is 63.5 Å². The number of nitrogens with zero attached hydrogens (tertiary/aromatic N) is 6. The number of carbonyl (C=O) groups excluding carboxylic acids is 2. The van der Waals surface area contributed by atoms with Crippen molar-refractivity contribution in [1.82, 2.24) is 0 Å². The minimum atomic E-state index is -3.51. The number of Topliss-reactive ketones (excluding diaryl/α,β-unsaturated/α-hetero) is 2. The zero-order valence-corrected chi connectivity index (χ0v) is 24.7. The molecule has 0 saturated carbocycles. The van der Waals surface area contributed by atoms with Gasteiger partial charge in [-0.2, -0.15) is 8.42 Å². The molecule has 0 saturated heterocycles. The van der Waals surface area contributed by atoms with Crippen LogP contribution in [0.2, 0.25) is 0 Å². The van der Waals surface area contributed by atoms with E-state index in [-0.39, 0.29) is 59.0 Å². The van der Waals surface area contributed by atoms with E-state index in [0.717, 1.165) is 29.4 Å². The number of rotatable bonds is 7. The van der Waals surface area contributed by atoms with Crippen LogP contribution in [0, 0.1) is 0 Å². The molecule has 2 aliphatic carbocycles. The molecule has 0 spiro atoms. The molecule has 4 rings (SSSR count). The van der Waals surface area contributed by atoms with Crippen LogP contribution in [-0.2, 0) is 36.7 Å². The van der Waals surface area contributed by atoms with Crippen molar-refractivity contribution in [1.29, 1.82) is 0 Å². The van der Waals surface area contributed by atoms with Crippen LogP contribution in [0.25, 0.3) is 26.4 Å². The summed E-state index contributed by atoms with van der Waals surface area (Å²) in [5, 5.41) is 3.80. The summed E-state index contributed by atoms with van der Waals surface area (Å²) in [5.41, 5.74) is 26.5. The van der Waals surface area contributed by atoms with Gasteiger partial charge in [0.05, 0.1) is 12.4 Å². The molecular weight excluding hydrogens is 519 g/mol. The molecule has 0 heterocycles. The Labute approximate surface area is 244 Å². The normalized spacial score (nSPS) is 20.4. The number of azide groups is 1. The maximum atomic E-state index is 11.3. The molecule has 0 amide bonds. The summed E-state index contributed by atoms with van der Waals surface area (Å²) in [5.74, 6) is 0.0803. The number of ketones is 2.